The number of nitrogens with one attached hydrogen (secondary N) is 1. The smallest absolute Gasteiger partial charge is 0.254 e. The van der Waals surface area contributed by atoms with Crippen molar-refractivity contribution in [3.8, 4) is 0 Å². The summed E-state index contributed by atoms with van der Waals surface area (Å²) in [5, 5.41) is 3.18. The minimum atomic E-state index is -0.298. The van der Waals surface area contributed by atoms with Gasteiger partial charge in [0.1, 0.15) is 5.82 Å². The third-order valence-electron chi connectivity index (χ3n) is 3.56. The molecule has 19 heavy (non-hydrogen) atoms. The van der Waals surface area contributed by atoms with Crippen LogP contribution in [0.15, 0.2) is 18.2 Å². The van der Waals surface area contributed by atoms with Crippen molar-refractivity contribution in [1.29, 1.82) is 0 Å². The first-order valence-electron chi connectivity index (χ1n) is 6.50. The molecule has 3 nitrogen and oxygen atoms in total. The van der Waals surface area contributed by atoms with Crippen molar-refractivity contribution in [3.63, 3.8) is 0 Å². The molecule has 1 aromatic carbocycles. The summed E-state index contributed by atoms with van der Waals surface area (Å²) in [7, 11) is 1.96. The number of benzene rings is 1. The summed E-state index contributed by atoms with van der Waals surface area (Å²) >= 11 is 2.02. The monoisotopic (exact) mass is 376 g/mol. The Hall–Kier alpha value is -0.690. The molecule has 5 heteroatoms. The number of hydrogen-bond acceptors (Lipinski definition) is 2. The van der Waals surface area contributed by atoms with Gasteiger partial charge in [-0.2, -0.15) is 0 Å². The molecule has 0 aromatic heterocycles. The van der Waals surface area contributed by atoms with Crippen molar-refractivity contribution in [2.45, 2.75) is 12.8 Å². The van der Waals surface area contributed by atoms with E-state index in [1.165, 1.54) is 12.1 Å². The van der Waals surface area contributed by atoms with Gasteiger partial charge in [0, 0.05) is 16.7 Å². The van der Waals surface area contributed by atoms with Crippen LogP contribution in [0.3, 0.4) is 0 Å². The first-order chi connectivity index (χ1) is 9.11. The van der Waals surface area contributed by atoms with E-state index in [0.29, 0.717) is 15.1 Å². The highest BCUT2D eigenvalue weighted by molar-refractivity contribution is 14.1. The van der Waals surface area contributed by atoms with Crippen molar-refractivity contribution in [2.24, 2.45) is 5.92 Å². The van der Waals surface area contributed by atoms with E-state index in [0.717, 1.165) is 32.5 Å². The third kappa shape index (κ3) is 3.66. The van der Waals surface area contributed by atoms with E-state index < -0.39 is 0 Å². The quantitative estimate of drug-likeness (QED) is 0.823. The number of likely N-dealkylation sites (tertiary alicyclic amines) is 1. The maximum Gasteiger partial charge on any atom is 0.254 e. The highest BCUT2D eigenvalue weighted by Gasteiger charge is 2.24. The molecule has 0 saturated carbocycles. The van der Waals surface area contributed by atoms with Gasteiger partial charge in [0.2, 0.25) is 0 Å². The number of carbonyl (C=O) groups is 1. The predicted octanol–water partition coefficient (Wildman–Crippen LogP) is 2.50. The number of halogens is 2. The molecule has 1 amide bonds. The molecule has 0 atom stereocenters. The number of nitrogens with zero attached hydrogens (tertiary/aromatic N) is 1. The van der Waals surface area contributed by atoms with Crippen molar-refractivity contribution in [1.82, 2.24) is 10.2 Å². The average Bonchev–Trinajstić information content (AvgIpc) is 2.39. The second-order valence-corrected chi connectivity index (χ2v) is 6.08. The van der Waals surface area contributed by atoms with Crippen molar-refractivity contribution in [3.05, 3.63) is 33.1 Å². The minimum absolute atomic E-state index is 0.0207. The molecule has 0 bridgehead atoms. The van der Waals surface area contributed by atoms with Crippen LogP contribution in [0.25, 0.3) is 0 Å². The van der Waals surface area contributed by atoms with Gasteiger partial charge in [-0.3, -0.25) is 4.79 Å². The zero-order valence-electron chi connectivity index (χ0n) is 11.0. The van der Waals surface area contributed by atoms with Gasteiger partial charge in [-0.1, -0.05) is 0 Å². The van der Waals surface area contributed by atoms with Crippen LogP contribution in [-0.4, -0.2) is 37.5 Å². The lowest BCUT2D eigenvalue weighted by molar-refractivity contribution is 0.0690. The molecule has 1 aliphatic heterocycles. The van der Waals surface area contributed by atoms with Crippen LogP contribution in [0.1, 0.15) is 23.2 Å². The molecule has 1 N–H and O–H groups in total. The zero-order valence-corrected chi connectivity index (χ0v) is 13.1. The number of piperidine rings is 1. The third-order valence-corrected chi connectivity index (χ3v) is 4.45. The normalized spacial score (nSPS) is 16.7. The topological polar surface area (TPSA) is 32.3 Å². The fourth-order valence-electron chi connectivity index (χ4n) is 2.46. The number of hydrogen-bond donors (Lipinski definition) is 1. The van der Waals surface area contributed by atoms with Crippen molar-refractivity contribution < 1.29 is 9.18 Å². The molecule has 104 valence electrons. The first-order valence-corrected chi connectivity index (χ1v) is 7.58. The summed E-state index contributed by atoms with van der Waals surface area (Å²) in [5.74, 6) is 0.377. The highest BCUT2D eigenvalue weighted by Crippen LogP contribution is 2.21. The Balaban J connectivity index is 2.01. The standard InChI is InChI=1S/C14H18FIN2O/c1-17-9-10-4-6-18(7-5-10)14(19)12-3-2-11(15)8-13(12)16/h2-3,8,10,17H,4-7,9H2,1H3. The number of rotatable bonds is 3. The lowest BCUT2D eigenvalue weighted by atomic mass is 9.96. The summed E-state index contributed by atoms with van der Waals surface area (Å²) < 4.78 is 13.7. The number of carbonyl (C=O) groups excluding carboxylic acids is 1. The van der Waals surface area contributed by atoms with Gasteiger partial charge in [-0.15, -0.1) is 0 Å². The SMILES string of the molecule is CNCC1CCN(C(=O)c2ccc(F)cc2I)CC1. The van der Waals surface area contributed by atoms with Gasteiger partial charge < -0.3 is 10.2 Å². The lowest BCUT2D eigenvalue weighted by Crippen LogP contribution is -2.40. The Morgan fingerprint density at radius 3 is 2.74 bits per heavy atom. The molecule has 1 heterocycles. The summed E-state index contributed by atoms with van der Waals surface area (Å²) in [5.41, 5.74) is 0.606. The van der Waals surface area contributed by atoms with Crippen LogP contribution in [0.5, 0.6) is 0 Å². The molecule has 0 unspecified atom stereocenters. The predicted molar refractivity (Wildman–Crippen MR) is 81.7 cm³/mol. The maximum atomic E-state index is 13.1. The molecule has 0 radical (unpaired) electrons. The van der Waals surface area contributed by atoms with Crippen LogP contribution in [0.4, 0.5) is 4.39 Å². The lowest BCUT2D eigenvalue weighted by Gasteiger charge is -2.32. The summed E-state index contributed by atoms with van der Waals surface area (Å²) in [6, 6.07) is 4.34. The Morgan fingerprint density at radius 2 is 2.16 bits per heavy atom. The van der Waals surface area contributed by atoms with E-state index in [4.69, 9.17) is 0 Å². The molecule has 0 spiro atoms. The molecule has 1 fully saturated rings. The van der Waals surface area contributed by atoms with Gasteiger partial charge in [-0.25, -0.2) is 4.39 Å². The van der Waals surface area contributed by atoms with Gasteiger partial charge in [0.05, 0.1) is 5.56 Å². The van der Waals surface area contributed by atoms with Gasteiger partial charge >= 0.3 is 0 Å². The van der Waals surface area contributed by atoms with Gasteiger partial charge in [0.25, 0.3) is 5.91 Å². The van der Waals surface area contributed by atoms with E-state index >= 15 is 0 Å². The molecule has 0 aliphatic carbocycles. The zero-order chi connectivity index (χ0) is 13.8. The molecular formula is C14H18FIN2O. The fraction of sp³-hybridized carbons (Fsp3) is 0.500. The molecular weight excluding hydrogens is 358 g/mol. The molecule has 1 aliphatic rings. The largest absolute Gasteiger partial charge is 0.339 e. The van der Waals surface area contributed by atoms with E-state index in [2.05, 4.69) is 5.32 Å². The Morgan fingerprint density at radius 1 is 1.47 bits per heavy atom. The number of amides is 1. The van der Waals surface area contributed by atoms with Gasteiger partial charge in [0.15, 0.2) is 0 Å². The Bertz CT molecular complexity index is 459. The van der Waals surface area contributed by atoms with E-state index in [1.54, 1.807) is 6.07 Å². The fourth-order valence-corrected chi connectivity index (χ4v) is 3.17. The van der Waals surface area contributed by atoms with E-state index in [-0.39, 0.29) is 11.7 Å². The Labute approximate surface area is 126 Å². The summed E-state index contributed by atoms with van der Waals surface area (Å²) in [6.07, 6.45) is 2.06. The van der Waals surface area contributed by atoms with E-state index in [1.807, 2.05) is 34.5 Å². The first kappa shape index (κ1) is 14.7. The average molecular weight is 376 g/mol. The van der Waals surface area contributed by atoms with Crippen molar-refractivity contribution >= 4 is 28.5 Å². The minimum Gasteiger partial charge on any atom is -0.339 e. The van der Waals surface area contributed by atoms with Crippen molar-refractivity contribution in [2.75, 3.05) is 26.7 Å². The second-order valence-electron chi connectivity index (χ2n) is 4.92. The maximum absolute atomic E-state index is 13.1. The highest BCUT2D eigenvalue weighted by atomic mass is 127. The van der Waals surface area contributed by atoms with Crippen LogP contribution < -0.4 is 5.32 Å². The van der Waals surface area contributed by atoms with Crippen LogP contribution in [-0.2, 0) is 0 Å². The molecule has 2 rings (SSSR count). The molecule has 1 saturated heterocycles. The van der Waals surface area contributed by atoms with Crippen LogP contribution in [0.2, 0.25) is 0 Å². The summed E-state index contributed by atoms with van der Waals surface area (Å²) in [4.78, 5) is 14.3. The second kappa shape index (κ2) is 6.65. The van der Waals surface area contributed by atoms with Crippen LogP contribution >= 0.6 is 22.6 Å². The van der Waals surface area contributed by atoms with Gasteiger partial charge in [-0.05, 0) is 73.1 Å². The van der Waals surface area contributed by atoms with E-state index in [9.17, 15) is 9.18 Å². The summed E-state index contributed by atoms with van der Waals surface area (Å²) in [6.45, 7) is 2.59. The van der Waals surface area contributed by atoms with Crippen LogP contribution in [0, 0.1) is 15.3 Å². The Kier molecular flexibility index (Phi) is 5.15. The molecule has 1 aromatic rings.